The number of rotatable bonds is 8. The summed E-state index contributed by atoms with van der Waals surface area (Å²) in [6, 6.07) is 9.18. The van der Waals surface area contributed by atoms with E-state index in [2.05, 4.69) is 0 Å². The molecule has 0 N–H and O–H groups in total. The van der Waals surface area contributed by atoms with Gasteiger partial charge in [0.1, 0.15) is 5.25 Å². The van der Waals surface area contributed by atoms with E-state index in [0.29, 0.717) is 26.3 Å². The van der Waals surface area contributed by atoms with E-state index in [1.807, 2.05) is 30.3 Å². The number of ether oxygens (including phenoxy) is 2. The zero-order chi connectivity index (χ0) is 19.9. The highest BCUT2D eigenvalue weighted by Gasteiger charge is 2.36. The molecule has 1 aliphatic heterocycles. The highest BCUT2D eigenvalue weighted by atomic mass is 32.2. The number of hydrogen-bond donors (Lipinski definition) is 0. The van der Waals surface area contributed by atoms with Crippen LogP contribution in [0.5, 0.6) is 0 Å². The third-order valence-electron chi connectivity index (χ3n) is 4.59. The minimum absolute atomic E-state index is 0.173. The molecule has 1 amide bonds. The van der Waals surface area contributed by atoms with E-state index in [9.17, 15) is 18.0 Å². The summed E-state index contributed by atoms with van der Waals surface area (Å²) in [5, 5.41) is -1.21. The van der Waals surface area contributed by atoms with Crippen molar-refractivity contribution in [1.29, 1.82) is 0 Å². The molecule has 1 aliphatic rings. The van der Waals surface area contributed by atoms with Gasteiger partial charge in [-0.05, 0) is 25.8 Å². The molecule has 1 aromatic rings. The van der Waals surface area contributed by atoms with Gasteiger partial charge in [0, 0.05) is 13.1 Å². The Kier molecular flexibility index (Phi) is 7.79. The molecular weight excluding hydrogens is 370 g/mol. The molecule has 1 saturated heterocycles. The maximum atomic E-state index is 12.8. The van der Waals surface area contributed by atoms with E-state index in [1.54, 1.807) is 6.92 Å². The fourth-order valence-corrected chi connectivity index (χ4v) is 4.55. The largest absolute Gasteiger partial charge is 0.466 e. The number of carbonyl (C=O) groups excluding carboxylic acids is 2. The van der Waals surface area contributed by atoms with Crippen LogP contribution in [0, 0.1) is 5.92 Å². The lowest BCUT2D eigenvalue weighted by Gasteiger charge is -2.29. The quantitative estimate of drug-likeness (QED) is 0.610. The van der Waals surface area contributed by atoms with Crippen molar-refractivity contribution in [1.82, 2.24) is 4.90 Å². The molecule has 1 aromatic carbocycles. The molecule has 8 heteroatoms. The van der Waals surface area contributed by atoms with Crippen LogP contribution in [0.1, 0.15) is 19.4 Å². The lowest BCUT2D eigenvalue weighted by atomic mass is 10.0. The minimum atomic E-state index is -3.82. The number of esters is 1. The summed E-state index contributed by atoms with van der Waals surface area (Å²) in [5.74, 6) is -2.27. The molecular formula is C19H27NO6S. The van der Waals surface area contributed by atoms with Crippen LogP contribution >= 0.6 is 0 Å². The number of carbonyl (C=O) groups is 2. The number of hydrogen-bond acceptors (Lipinski definition) is 6. The van der Waals surface area contributed by atoms with E-state index in [1.165, 1.54) is 11.8 Å². The standard InChI is InChI=1S/C19H27NO6S/c1-3-26-19(22)17(13-16-7-5-4-6-8-16)14-27(23,24)15(2)18(21)20-9-11-25-12-10-20/h4-8,15,17H,3,9-14H2,1-2H3. The topological polar surface area (TPSA) is 90.0 Å². The molecule has 1 fully saturated rings. The maximum absolute atomic E-state index is 12.8. The van der Waals surface area contributed by atoms with Crippen molar-refractivity contribution in [3.05, 3.63) is 35.9 Å². The van der Waals surface area contributed by atoms with Crippen LogP contribution in [0.15, 0.2) is 30.3 Å². The average Bonchev–Trinajstić information content (AvgIpc) is 2.68. The Morgan fingerprint density at radius 1 is 1.19 bits per heavy atom. The second-order valence-corrected chi connectivity index (χ2v) is 8.91. The van der Waals surface area contributed by atoms with Gasteiger partial charge in [-0.1, -0.05) is 30.3 Å². The molecule has 7 nitrogen and oxygen atoms in total. The SMILES string of the molecule is CCOC(=O)C(Cc1ccccc1)CS(=O)(=O)C(C)C(=O)N1CCOCC1. The van der Waals surface area contributed by atoms with Crippen molar-refractivity contribution in [3.8, 4) is 0 Å². The molecule has 0 radical (unpaired) electrons. The first-order valence-electron chi connectivity index (χ1n) is 9.13. The van der Waals surface area contributed by atoms with Gasteiger partial charge in [0.15, 0.2) is 9.84 Å². The van der Waals surface area contributed by atoms with Crippen LogP contribution in [0.4, 0.5) is 0 Å². The first-order valence-corrected chi connectivity index (χ1v) is 10.9. The van der Waals surface area contributed by atoms with Crippen molar-refractivity contribution in [2.24, 2.45) is 5.92 Å². The Hall–Kier alpha value is -1.93. The van der Waals surface area contributed by atoms with Gasteiger partial charge in [-0.3, -0.25) is 9.59 Å². The second-order valence-electron chi connectivity index (χ2n) is 6.55. The van der Waals surface area contributed by atoms with E-state index in [4.69, 9.17) is 9.47 Å². The van der Waals surface area contributed by atoms with Gasteiger partial charge >= 0.3 is 5.97 Å². The van der Waals surface area contributed by atoms with Crippen LogP contribution in [0.25, 0.3) is 0 Å². The normalized spacial score (nSPS) is 17.2. The van der Waals surface area contributed by atoms with Crippen LogP contribution in [-0.2, 0) is 35.3 Å². The Bertz CT molecular complexity index is 728. The Balaban J connectivity index is 2.12. The molecule has 0 aromatic heterocycles. The van der Waals surface area contributed by atoms with Gasteiger partial charge in [-0.15, -0.1) is 0 Å². The van der Waals surface area contributed by atoms with Crippen LogP contribution < -0.4 is 0 Å². The highest BCUT2D eigenvalue weighted by molar-refractivity contribution is 7.92. The Morgan fingerprint density at radius 3 is 2.41 bits per heavy atom. The lowest BCUT2D eigenvalue weighted by molar-refractivity contribution is -0.147. The molecule has 0 aliphatic carbocycles. The first kappa shape index (κ1) is 21.4. The maximum Gasteiger partial charge on any atom is 0.310 e. The molecule has 27 heavy (non-hydrogen) atoms. The van der Waals surface area contributed by atoms with Crippen molar-refractivity contribution < 1.29 is 27.5 Å². The average molecular weight is 397 g/mol. The molecule has 1 heterocycles. The molecule has 2 unspecified atom stereocenters. The predicted molar refractivity (Wildman–Crippen MR) is 101 cm³/mol. The fraction of sp³-hybridized carbons (Fsp3) is 0.579. The Labute approximate surface area is 160 Å². The smallest absolute Gasteiger partial charge is 0.310 e. The highest BCUT2D eigenvalue weighted by Crippen LogP contribution is 2.17. The summed E-state index contributed by atoms with van der Waals surface area (Å²) in [4.78, 5) is 26.4. The molecule has 0 spiro atoms. The van der Waals surface area contributed by atoms with Gasteiger partial charge < -0.3 is 14.4 Å². The van der Waals surface area contributed by atoms with Crippen molar-refractivity contribution in [2.45, 2.75) is 25.5 Å². The molecule has 0 saturated carbocycles. The number of amides is 1. The third kappa shape index (κ3) is 6.04. The van der Waals surface area contributed by atoms with E-state index in [0.717, 1.165) is 5.56 Å². The molecule has 2 atom stereocenters. The van der Waals surface area contributed by atoms with Gasteiger partial charge in [0.25, 0.3) is 0 Å². The number of nitrogens with zero attached hydrogens (tertiary/aromatic N) is 1. The number of sulfone groups is 1. The van der Waals surface area contributed by atoms with Crippen molar-refractivity contribution >= 4 is 21.7 Å². The van der Waals surface area contributed by atoms with Crippen LogP contribution in [0.2, 0.25) is 0 Å². The van der Waals surface area contributed by atoms with Crippen molar-refractivity contribution in [3.63, 3.8) is 0 Å². The summed E-state index contributed by atoms with van der Waals surface area (Å²) in [7, 11) is -3.82. The van der Waals surface area contributed by atoms with Gasteiger partial charge in [-0.2, -0.15) is 0 Å². The summed E-state index contributed by atoms with van der Waals surface area (Å²) in [6.45, 7) is 4.80. The second kappa shape index (κ2) is 9.85. The molecule has 150 valence electrons. The van der Waals surface area contributed by atoms with Crippen molar-refractivity contribution in [2.75, 3.05) is 38.7 Å². The number of morpholine rings is 1. The predicted octanol–water partition coefficient (Wildman–Crippen LogP) is 1.07. The summed E-state index contributed by atoms with van der Waals surface area (Å²) in [6.07, 6.45) is 0.247. The zero-order valence-electron chi connectivity index (χ0n) is 15.8. The number of benzene rings is 1. The molecule has 0 bridgehead atoms. The summed E-state index contributed by atoms with van der Waals surface area (Å²) in [5.41, 5.74) is 0.845. The van der Waals surface area contributed by atoms with Crippen LogP contribution in [0.3, 0.4) is 0 Å². The summed E-state index contributed by atoms with van der Waals surface area (Å²) >= 11 is 0. The third-order valence-corrected chi connectivity index (χ3v) is 6.73. The molecule has 2 rings (SSSR count). The zero-order valence-corrected chi connectivity index (χ0v) is 16.6. The van der Waals surface area contributed by atoms with Gasteiger partial charge in [0.05, 0.1) is 31.5 Å². The van der Waals surface area contributed by atoms with Gasteiger partial charge in [0.2, 0.25) is 5.91 Å². The Morgan fingerprint density at radius 2 is 1.81 bits per heavy atom. The first-order chi connectivity index (χ1) is 12.8. The fourth-order valence-electron chi connectivity index (χ4n) is 2.99. The van der Waals surface area contributed by atoms with Crippen LogP contribution in [-0.4, -0.2) is 69.1 Å². The van der Waals surface area contributed by atoms with E-state index >= 15 is 0 Å². The summed E-state index contributed by atoms with van der Waals surface area (Å²) < 4.78 is 35.9. The van der Waals surface area contributed by atoms with E-state index < -0.39 is 38.6 Å². The monoisotopic (exact) mass is 397 g/mol. The van der Waals surface area contributed by atoms with Gasteiger partial charge in [-0.25, -0.2) is 8.42 Å². The lowest BCUT2D eigenvalue weighted by Crippen LogP contribution is -2.48. The van der Waals surface area contributed by atoms with E-state index in [-0.39, 0.29) is 13.0 Å². The minimum Gasteiger partial charge on any atom is -0.466 e.